The number of aromatic amines is 1. The lowest BCUT2D eigenvalue weighted by Gasteiger charge is -2.15. The number of nitrogens with zero attached hydrogens (tertiary/aromatic N) is 2. The van der Waals surface area contributed by atoms with Gasteiger partial charge in [-0.25, -0.2) is 0 Å². The minimum Gasteiger partial charge on any atom is -0.381 e. The molecule has 118 valence electrons. The molecule has 1 heterocycles. The predicted molar refractivity (Wildman–Crippen MR) is 92.0 cm³/mol. The summed E-state index contributed by atoms with van der Waals surface area (Å²) in [5.41, 5.74) is 4.38. The molecule has 5 nitrogen and oxygen atoms in total. The monoisotopic (exact) mass is 308 g/mol. The molecule has 1 aromatic heterocycles. The van der Waals surface area contributed by atoms with Crippen LogP contribution in [0.1, 0.15) is 18.1 Å². The highest BCUT2D eigenvalue weighted by Crippen LogP contribution is 2.18. The summed E-state index contributed by atoms with van der Waals surface area (Å²) in [5, 5.41) is 11.7. The molecule has 0 saturated carbocycles. The second-order valence-electron chi connectivity index (χ2n) is 5.68. The third-order valence-electron chi connectivity index (χ3n) is 3.93. The zero-order valence-corrected chi connectivity index (χ0v) is 13.3. The molecule has 0 radical (unpaired) electrons. The quantitative estimate of drug-likeness (QED) is 0.761. The van der Waals surface area contributed by atoms with Crippen LogP contribution in [0.25, 0.3) is 10.9 Å². The summed E-state index contributed by atoms with van der Waals surface area (Å²) in [7, 11) is 1.81. The molecule has 0 spiro atoms. The number of H-pyrrole nitrogens is 1. The van der Waals surface area contributed by atoms with Crippen LogP contribution in [0, 0.1) is 0 Å². The molecule has 23 heavy (non-hydrogen) atoms. The molecule has 1 amide bonds. The van der Waals surface area contributed by atoms with Crippen molar-refractivity contribution in [1.82, 2.24) is 15.1 Å². The molecule has 0 fully saturated rings. The predicted octanol–water partition coefficient (Wildman–Crippen LogP) is 3.15. The Kier molecular flexibility index (Phi) is 4.28. The summed E-state index contributed by atoms with van der Waals surface area (Å²) in [6.45, 7) is 2.90. The zero-order chi connectivity index (χ0) is 16.2. The van der Waals surface area contributed by atoms with E-state index in [2.05, 4.69) is 27.6 Å². The number of anilines is 1. The first-order chi connectivity index (χ1) is 11.1. The highest BCUT2D eigenvalue weighted by molar-refractivity contribution is 5.81. The molecule has 2 N–H and O–H groups in total. The summed E-state index contributed by atoms with van der Waals surface area (Å²) in [6, 6.07) is 14.3. The lowest BCUT2D eigenvalue weighted by Crippen LogP contribution is -2.23. The van der Waals surface area contributed by atoms with E-state index in [0.717, 1.165) is 22.2 Å². The Hall–Kier alpha value is -2.82. The van der Waals surface area contributed by atoms with E-state index in [1.807, 2.05) is 36.5 Å². The maximum Gasteiger partial charge on any atom is 0.219 e. The van der Waals surface area contributed by atoms with Crippen molar-refractivity contribution in [2.45, 2.75) is 20.0 Å². The third kappa shape index (κ3) is 3.51. The average molecular weight is 308 g/mol. The highest BCUT2D eigenvalue weighted by atomic mass is 16.2. The maximum atomic E-state index is 11.3. The number of benzene rings is 2. The van der Waals surface area contributed by atoms with Gasteiger partial charge in [0.2, 0.25) is 5.91 Å². The van der Waals surface area contributed by atoms with Crippen LogP contribution in [0.5, 0.6) is 0 Å². The van der Waals surface area contributed by atoms with Crippen molar-refractivity contribution < 1.29 is 4.79 Å². The molecule has 5 heteroatoms. The van der Waals surface area contributed by atoms with Gasteiger partial charge >= 0.3 is 0 Å². The van der Waals surface area contributed by atoms with Gasteiger partial charge in [0.05, 0.1) is 11.7 Å². The summed E-state index contributed by atoms with van der Waals surface area (Å²) < 4.78 is 0. The molecule has 0 aliphatic heterocycles. The lowest BCUT2D eigenvalue weighted by atomic mass is 10.1. The van der Waals surface area contributed by atoms with Crippen molar-refractivity contribution in [3.8, 4) is 0 Å². The first kappa shape index (κ1) is 15.1. The zero-order valence-electron chi connectivity index (χ0n) is 13.3. The van der Waals surface area contributed by atoms with E-state index < -0.39 is 0 Å². The number of carbonyl (C=O) groups excluding carboxylic acids is 1. The molecular weight excluding hydrogens is 288 g/mol. The number of fused-ring (bicyclic) bond motifs is 1. The Bertz CT molecular complexity index is 825. The van der Waals surface area contributed by atoms with Gasteiger partial charge in [0, 0.05) is 38.1 Å². The van der Waals surface area contributed by atoms with Gasteiger partial charge in [0.15, 0.2) is 0 Å². The van der Waals surface area contributed by atoms with Gasteiger partial charge in [-0.15, -0.1) is 0 Å². The van der Waals surface area contributed by atoms with Crippen molar-refractivity contribution in [3.63, 3.8) is 0 Å². The largest absolute Gasteiger partial charge is 0.381 e. The van der Waals surface area contributed by atoms with E-state index in [1.165, 1.54) is 5.56 Å². The second-order valence-corrected chi connectivity index (χ2v) is 5.68. The van der Waals surface area contributed by atoms with Crippen molar-refractivity contribution in [2.75, 3.05) is 12.4 Å². The molecule has 3 aromatic rings. The minimum atomic E-state index is 0.0642. The lowest BCUT2D eigenvalue weighted by molar-refractivity contribution is -0.128. The minimum absolute atomic E-state index is 0.0642. The van der Waals surface area contributed by atoms with Gasteiger partial charge in [-0.05, 0) is 23.3 Å². The third-order valence-corrected chi connectivity index (χ3v) is 3.93. The van der Waals surface area contributed by atoms with Crippen molar-refractivity contribution in [1.29, 1.82) is 0 Å². The summed E-state index contributed by atoms with van der Waals surface area (Å²) in [6.07, 6.45) is 1.83. The first-order valence-corrected chi connectivity index (χ1v) is 7.59. The van der Waals surface area contributed by atoms with Gasteiger partial charge in [-0.2, -0.15) is 5.10 Å². The van der Waals surface area contributed by atoms with Gasteiger partial charge in [-0.3, -0.25) is 9.89 Å². The fraction of sp³-hybridized carbons (Fsp3) is 0.222. The molecule has 0 bridgehead atoms. The number of hydrogen-bond donors (Lipinski definition) is 2. The molecule has 0 aliphatic carbocycles. The van der Waals surface area contributed by atoms with E-state index in [0.29, 0.717) is 13.1 Å². The second kappa shape index (κ2) is 6.52. The van der Waals surface area contributed by atoms with Gasteiger partial charge in [-0.1, -0.05) is 30.3 Å². The maximum absolute atomic E-state index is 11.3. The Labute approximate surface area is 135 Å². The fourth-order valence-electron chi connectivity index (χ4n) is 2.54. The van der Waals surface area contributed by atoms with Crippen LogP contribution in [-0.2, 0) is 17.9 Å². The van der Waals surface area contributed by atoms with Crippen LogP contribution in [-0.4, -0.2) is 28.1 Å². The Morgan fingerprint density at radius 2 is 2.09 bits per heavy atom. The van der Waals surface area contributed by atoms with Gasteiger partial charge in [0.1, 0.15) is 0 Å². The van der Waals surface area contributed by atoms with Crippen molar-refractivity contribution in [2.24, 2.45) is 0 Å². The van der Waals surface area contributed by atoms with Gasteiger partial charge in [0.25, 0.3) is 0 Å². The van der Waals surface area contributed by atoms with E-state index in [-0.39, 0.29) is 5.91 Å². The molecular formula is C18H20N4O. The topological polar surface area (TPSA) is 61.0 Å². The summed E-state index contributed by atoms with van der Waals surface area (Å²) in [5.74, 6) is 0.0642. The number of hydrogen-bond acceptors (Lipinski definition) is 3. The number of amides is 1. The normalized spacial score (nSPS) is 10.7. The van der Waals surface area contributed by atoms with Crippen LogP contribution in [0.15, 0.2) is 48.7 Å². The molecule has 2 aromatic carbocycles. The Morgan fingerprint density at radius 3 is 2.91 bits per heavy atom. The van der Waals surface area contributed by atoms with Crippen molar-refractivity contribution in [3.05, 3.63) is 59.8 Å². The van der Waals surface area contributed by atoms with Crippen LogP contribution in [0.3, 0.4) is 0 Å². The number of rotatable bonds is 5. The molecule has 0 unspecified atom stereocenters. The van der Waals surface area contributed by atoms with Crippen LogP contribution >= 0.6 is 0 Å². The number of carbonyl (C=O) groups is 1. The number of para-hydroxylation sites is 1. The average Bonchev–Trinajstić information content (AvgIpc) is 3.02. The molecule has 3 rings (SSSR count). The van der Waals surface area contributed by atoms with E-state index in [1.54, 1.807) is 18.9 Å². The van der Waals surface area contributed by atoms with E-state index >= 15 is 0 Å². The highest BCUT2D eigenvalue weighted by Gasteiger charge is 2.05. The van der Waals surface area contributed by atoms with Crippen LogP contribution < -0.4 is 5.32 Å². The van der Waals surface area contributed by atoms with Crippen LogP contribution in [0.2, 0.25) is 0 Å². The standard InChI is InChI=1S/C18H20N4O/c1-13(23)22(2)12-14-5-3-8-17(9-14)19-10-15-6-4-7-16-11-20-21-18(15)16/h3-9,11,19H,10,12H2,1-2H3,(H,20,21). The fourth-order valence-corrected chi connectivity index (χ4v) is 2.54. The Morgan fingerprint density at radius 1 is 1.26 bits per heavy atom. The first-order valence-electron chi connectivity index (χ1n) is 7.59. The summed E-state index contributed by atoms with van der Waals surface area (Å²) >= 11 is 0. The SMILES string of the molecule is CC(=O)N(C)Cc1cccc(NCc2cccc3cn[nH]c23)c1. The van der Waals surface area contributed by atoms with Crippen LogP contribution in [0.4, 0.5) is 5.69 Å². The number of aromatic nitrogens is 2. The smallest absolute Gasteiger partial charge is 0.219 e. The van der Waals surface area contributed by atoms with E-state index in [9.17, 15) is 4.79 Å². The summed E-state index contributed by atoms with van der Waals surface area (Å²) in [4.78, 5) is 13.0. The Balaban J connectivity index is 1.71. The molecule has 0 atom stereocenters. The van der Waals surface area contributed by atoms with Crippen molar-refractivity contribution >= 4 is 22.5 Å². The number of nitrogens with one attached hydrogen (secondary N) is 2. The van der Waals surface area contributed by atoms with Gasteiger partial charge < -0.3 is 10.2 Å². The molecule has 0 aliphatic rings. The van der Waals surface area contributed by atoms with E-state index in [4.69, 9.17) is 0 Å². The molecule has 0 saturated heterocycles.